The van der Waals surface area contributed by atoms with Crippen LogP contribution in [0.4, 0.5) is 5.69 Å². The summed E-state index contributed by atoms with van der Waals surface area (Å²) in [6.45, 7) is 0. The van der Waals surface area contributed by atoms with Crippen LogP contribution in [-0.4, -0.2) is 19.1 Å². The lowest BCUT2D eigenvalue weighted by molar-refractivity contribution is -0.384. The van der Waals surface area contributed by atoms with Crippen LogP contribution in [0.25, 0.3) is 0 Å². The summed E-state index contributed by atoms with van der Waals surface area (Å²) in [6.07, 6.45) is 0. The summed E-state index contributed by atoms with van der Waals surface area (Å²) in [7, 11) is 0. The molecule has 0 atom stereocenters. The first-order chi connectivity index (χ1) is 8.18. The molecule has 0 spiro atoms. The van der Waals surface area contributed by atoms with Gasteiger partial charge >= 0.3 is 0 Å². The van der Waals surface area contributed by atoms with Gasteiger partial charge in [0, 0.05) is 31.7 Å². The molecule has 5 heteroatoms. The minimum atomic E-state index is -0.512. The van der Waals surface area contributed by atoms with Crippen LogP contribution in [0, 0.1) is 10.1 Å². The van der Waals surface area contributed by atoms with E-state index in [1.807, 2.05) is 6.07 Å². The van der Waals surface area contributed by atoms with Gasteiger partial charge in [0.25, 0.3) is 5.69 Å². The third kappa shape index (κ3) is 2.82. The molecule has 0 unspecified atom stereocenters. The van der Waals surface area contributed by atoms with Crippen LogP contribution in [0.15, 0.2) is 54.6 Å². The Morgan fingerprint density at radius 2 is 1.56 bits per heavy atom. The van der Waals surface area contributed by atoms with Crippen molar-refractivity contribution in [2.45, 2.75) is 0 Å². The Morgan fingerprint density at radius 1 is 0.944 bits per heavy atom. The number of hydrogen-bond acceptors (Lipinski definition) is 3. The van der Waals surface area contributed by atoms with E-state index in [9.17, 15) is 14.9 Å². The molecule has 0 heterocycles. The highest BCUT2D eigenvalue weighted by Gasteiger charge is 2.12. The van der Waals surface area contributed by atoms with E-state index in [0.29, 0.717) is 11.1 Å². The second-order valence-corrected chi connectivity index (χ2v) is 3.50. The van der Waals surface area contributed by atoms with Crippen LogP contribution in [0.3, 0.4) is 0 Å². The number of hydrogen-bond donors (Lipinski definition) is 0. The van der Waals surface area contributed by atoms with E-state index < -0.39 is 4.92 Å². The van der Waals surface area contributed by atoms with Gasteiger partial charge in [-0.3, -0.25) is 14.9 Å². The van der Waals surface area contributed by atoms with Gasteiger partial charge in [-0.15, -0.1) is 0 Å². The van der Waals surface area contributed by atoms with Crippen LogP contribution >= 0.6 is 0 Å². The van der Waals surface area contributed by atoms with E-state index >= 15 is 0 Å². The summed E-state index contributed by atoms with van der Waals surface area (Å²) in [5.41, 5.74) is 0.769. The topological polar surface area (TPSA) is 60.2 Å². The summed E-state index contributed by atoms with van der Waals surface area (Å²) in [5.74, 6) is -0.214. The van der Waals surface area contributed by atoms with Gasteiger partial charge in [0.15, 0.2) is 5.78 Å². The fraction of sp³-hybridized carbons (Fsp3) is 0. The molecule has 0 fully saturated rings. The predicted octanol–water partition coefficient (Wildman–Crippen LogP) is 2.45. The fourth-order valence-corrected chi connectivity index (χ4v) is 1.52. The minimum Gasteiger partial charge on any atom is -0.289 e. The first-order valence-corrected chi connectivity index (χ1v) is 5.02. The Bertz CT molecular complexity index is 569. The highest BCUT2D eigenvalue weighted by molar-refractivity contribution is 6.09. The molecule has 0 aliphatic rings. The molecular formula is C13H9BNO3. The zero-order valence-electron chi connectivity index (χ0n) is 9.45. The van der Waals surface area contributed by atoms with E-state index in [4.69, 9.17) is 0 Å². The van der Waals surface area contributed by atoms with Crippen LogP contribution in [-0.2, 0) is 0 Å². The van der Waals surface area contributed by atoms with Crippen molar-refractivity contribution in [1.29, 1.82) is 0 Å². The lowest BCUT2D eigenvalue weighted by Crippen LogP contribution is -2.01. The van der Waals surface area contributed by atoms with Gasteiger partial charge in [0.05, 0.1) is 4.92 Å². The third-order valence-corrected chi connectivity index (χ3v) is 2.36. The van der Waals surface area contributed by atoms with Crippen molar-refractivity contribution in [1.82, 2.24) is 0 Å². The molecule has 2 aromatic carbocycles. The van der Waals surface area contributed by atoms with E-state index in [1.54, 1.807) is 30.3 Å². The number of nitrogens with zero attached hydrogens (tertiary/aromatic N) is 1. The number of nitro benzene ring substituents is 1. The molecule has 0 aromatic heterocycles. The molecule has 0 amide bonds. The van der Waals surface area contributed by atoms with E-state index in [1.165, 1.54) is 18.2 Å². The van der Waals surface area contributed by atoms with Gasteiger partial charge in [-0.1, -0.05) is 42.5 Å². The summed E-state index contributed by atoms with van der Waals surface area (Å²) < 4.78 is 0. The Labute approximate surface area is 106 Å². The zero-order chi connectivity index (χ0) is 12.3. The van der Waals surface area contributed by atoms with Gasteiger partial charge in [-0.05, 0) is 0 Å². The summed E-state index contributed by atoms with van der Waals surface area (Å²) >= 11 is 0. The SMILES string of the molecule is O=C(c1ccccc1)c1cccc([N+](=O)[O-])c1.[B]. The summed E-state index contributed by atoms with van der Waals surface area (Å²) in [4.78, 5) is 22.1. The predicted molar refractivity (Wildman–Crippen MR) is 68.7 cm³/mol. The van der Waals surface area contributed by atoms with E-state index in [-0.39, 0.29) is 19.9 Å². The van der Waals surface area contributed by atoms with Crippen molar-refractivity contribution >= 4 is 19.9 Å². The highest BCUT2D eigenvalue weighted by Crippen LogP contribution is 2.16. The Balaban J connectivity index is 0.00000162. The number of carbonyl (C=O) groups is 1. The lowest BCUT2D eigenvalue weighted by atomic mass is 10.0. The fourth-order valence-electron chi connectivity index (χ4n) is 1.52. The minimum absolute atomic E-state index is 0. The largest absolute Gasteiger partial charge is 0.289 e. The van der Waals surface area contributed by atoms with E-state index in [0.717, 1.165) is 0 Å². The zero-order valence-corrected chi connectivity index (χ0v) is 9.45. The Hall–Kier alpha value is -2.43. The highest BCUT2D eigenvalue weighted by atomic mass is 16.6. The average molecular weight is 238 g/mol. The summed E-state index contributed by atoms with van der Waals surface area (Å²) in [6, 6.07) is 14.4. The maximum absolute atomic E-state index is 12.0. The molecule has 4 nitrogen and oxygen atoms in total. The number of carbonyl (C=O) groups excluding carboxylic acids is 1. The number of benzene rings is 2. The van der Waals surface area contributed by atoms with Crippen molar-refractivity contribution in [3.8, 4) is 0 Å². The van der Waals surface area contributed by atoms with E-state index in [2.05, 4.69) is 0 Å². The number of ketones is 1. The molecule has 2 aromatic rings. The van der Waals surface area contributed by atoms with Crippen LogP contribution in [0.2, 0.25) is 0 Å². The normalized spacial score (nSPS) is 9.33. The van der Waals surface area contributed by atoms with Crippen molar-refractivity contribution < 1.29 is 9.72 Å². The molecule has 0 aliphatic carbocycles. The number of non-ortho nitro benzene ring substituents is 1. The second kappa shape index (κ2) is 5.77. The van der Waals surface area contributed by atoms with Gasteiger partial charge in [0.1, 0.15) is 0 Å². The Morgan fingerprint density at radius 3 is 2.17 bits per heavy atom. The monoisotopic (exact) mass is 238 g/mol. The number of nitro groups is 1. The maximum Gasteiger partial charge on any atom is 0.270 e. The molecule has 0 saturated carbocycles. The quantitative estimate of drug-likeness (QED) is 0.357. The first-order valence-electron chi connectivity index (χ1n) is 5.02. The standard InChI is InChI=1S/C13H9NO3.B/c15-13(10-5-2-1-3-6-10)11-7-4-8-12(9-11)14(16)17;/h1-9H;. The molecule has 0 aliphatic heterocycles. The van der Waals surface area contributed by atoms with Gasteiger partial charge in [-0.2, -0.15) is 0 Å². The molecule has 2 rings (SSSR count). The third-order valence-electron chi connectivity index (χ3n) is 2.36. The van der Waals surface area contributed by atoms with Crippen LogP contribution in [0.1, 0.15) is 15.9 Å². The first kappa shape index (κ1) is 13.6. The van der Waals surface area contributed by atoms with Gasteiger partial charge < -0.3 is 0 Å². The van der Waals surface area contributed by atoms with Crippen LogP contribution < -0.4 is 0 Å². The number of rotatable bonds is 3. The maximum atomic E-state index is 12.0. The molecule has 3 radical (unpaired) electrons. The molecule has 0 saturated heterocycles. The second-order valence-electron chi connectivity index (χ2n) is 3.50. The summed E-state index contributed by atoms with van der Waals surface area (Å²) in [5, 5.41) is 10.6. The van der Waals surface area contributed by atoms with Gasteiger partial charge in [-0.25, -0.2) is 0 Å². The molecule has 0 bridgehead atoms. The molecule has 0 N–H and O–H groups in total. The molecular weight excluding hydrogens is 229 g/mol. The average Bonchev–Trinajstić information content (AvgIpc) is 2.39. The molecule has 87 valence electrons. The van der Waals surface area contributed by atoms with Crippen LogP contribution in [0.5, 0.6) is 0 Å². The lowest BCUT2D eigenvalue weighted by Gasteiger charge is -2.00. The Kier molecular flexibility index (Phi) is 4.37. The van der Waals surface area contributed by atoms with Crippen molar-refractivity contribution in [3.63, 3.8) is 0 Å². The van der Waals surface area contributed by atoms with Crippen molar-refractivity contribution in [2.24, 2.45) is 0 Å². The molecule has 18 heavy (non-hydrogen) atoms. The van der Waals surface area contributed by atoms with Crippen molar-refractivity contribution in [2.75, 3.05) is 0 Å². The van der Waals surface area contributed by atoms with Gasteiger partial charge in [0.2, 0.25) is 0 Å². The van der Waals surface area contributed by atoms with Crippen molar-refractivity contribution in [3.05, 3.63) is 75.8 Å². The smallest absolute Gasteiger partial charge is 0.270 e.